The van der Waals surface area contributed by atoms with Crippen molar-refractivity contribution in [3.05, 3.63) is 92.3 Å². The van der Waals surface area contributed by atoms with Crippen LogP contribution in [0.15, 0.2) is 63.8 Å². The molecule has 220 valence electrons. The van der Waals surface area contributed by atoms with Crippen molar-refractivity contribution in [2.24, 2.45) is 0 Å². The lowest BCUT2D eigenvalue weighted by molar-refractivity contribution is -0.921. The number of esters is 1. The summed E-state index contributed by atoms with van der Waals surface area (Å²) in [5.74, 6) is -2.87. The number of quaternary nitrogens is 1. The van der Waals surface area contributed by atoms with Gasteiger partial charge in [-0.3, -0.25) is 4.79 Å². The van der Waals surface area contributed by atoms with Gasteiger partial charge in [-0.05, 0) is 67.1 Å². The molecule has 0 atom stereocenters. The highest BCUT2D eigenvalue weighted by Gasteiger charge is 2.41. The molecule has 0 spiro atoms. The molecule has 0 unspecified atom stereocenters. The molecule has 2 heterocycles. The van der Waals surface area contributed by atoms with Crippen LogP contribution in [-0.4, -0.2) is 39.4 Å². The largest absolute Gasteiger partial charge is 0.497 e. The van der Waals surface area contributed by atoms with E-state index in [1.807, 2.05) is 0 Å². The number of aryl methyl sites for hydroxylation is 1. The van der Waals surface area contributed by atoms with E-state index in [2.05, 4.69) is 0 Å². The molecular formula is C30H26ClF3NO7+. The van der Waals surface area contributed by atoms with Gasteiger partial charge in [0.1, 0.15) is 36.9 Å². The van der Waals surface area contributed by atoms with Gasteiger partial charge in [0.15, 0.2) is 5.58 Å². The van der Waals surface area contributed by atoms with Crippen molar-refractivity contribution >= 4 is 28.5 Å². The lowest BCUT2D eigenvalue weighted by Gasteiger charge is -2.25. The van der Waals surface area contributed by atoms with Gasteiger partial charge in [0.05, 0.1) is 36.8 Å². The number of hydrogen-bond donors (Lipinski definition) is 1. The zero-order valence-electron chi connectivity index (χ0n) is 22.6. The summed E-state index contributed by atoms with van der Waals surface area (Å²) in [4.78, 5) is 27.5. The summed E-state index contributed by atoms with van der Waals surface area (Å²) in [5.41, 5.74) is -0.483. The van der Waals surface area contributed by atoms with Crippen LogP contribution in [0.5, 0.6) is 23.0 Å². The monoisotopic (exact) mass is 604 g/mol. The topological polar surface area (TPSA) is 88.6 Å². The molecule has 1 aromatic heterocycles. The van der Waals surface area contributed by atoms with Crippen LogP contribution in [0.3, 0.4) is 0 Å². The molecule has 1 saturated heterocycles. The second kappa shape index (κ2) is 12.0. The van der Waals surface area contributed by atoms with E-state index >= 15 is 0 Å². The Morgan fingerprint density at radius 1 is 1.02 bits per heavy atom. The van der Waals surface area contributed by atoms with Gasteiger partial charge in [-0.25, -0.2) is 4.79 Å². The first-order valence-corrected chi connectivity index (χ1v) is 13.3. The lowest BCUT2D eigenvalue weighted by atomic mass is 10.1. The molecule has 0 radical (unpaired) electrons. The Labute approximate surface area is 243 Å². The summed E-state index contributed by atoms with van der Waals surface area (Å²) in [6.45, 7) is 3.75. The van der Waals surface area contributed by atoms with Crippen LogP contribution in [0.4, 0.5) is 13.2 Å². The Hall–Kier alpha value is -4.06. The predicted molar refractivity (Wildman–Crippen MR) is 147 cm³/mol. The van der Waals surface area contributed by atoms with Crippen LogP contribution >= 0.6 is 11.6 Å². The number of fused-ring (bicyclic) bond motifs is 1. The minimum absolute atomic E-state index is 0.0166. The maximum absolute atomic E-state index is 14.3. The number of halogens is 4. The Balaban J connectivity index is 1.64. The van der Waals surface area contributed by atoms with Crippen LogP contribution in [0.2, 0.25) is 5.02 Å². The van der Waals surface area contributed by atoms with Gasteiger partial charge < -0.3 is 28.3 Å². The molecule has 0 amide bonds. The summed E-state index contributed by atoms with van der Waals surface area (Å²) >= 11 is 6.03. The summed E-state index contributed by atoms with van der Waals surface area (Å²) in [6, 6.07) is 13.0. The van der Waals surface area contributed by atoms with E-state index < -0.39 is 29.1 Å². The van der Waals surface area contributed by atoms with Gasteiger partial charge in [0, 0.05) is 5.02 Å². The predicted octanol–water partition coefficient (Wildman–Crippen LogP) is 5.21. The molecule has 0 aliphatic carbocycles. The van der Waals surface area contributed by atoms with E-state index in [9.17, 15) is 22.8 Å². The average molecular weight is 605 g/mol. The van der Waals surface area contributed by atoms with Crippen molar-refractivity contribution in [3.8, 4) is 23.0 Å². The standard InChI is InChI=1S/C30H25ClF3NO7/c1-17-15-20(7-9-23(17)31)40-27-25(36)21-8-10-24(41-29(37)18-3-5-19(38-2)6-4-18)22(16-35-11-13-39-14-12-35)26(21)42-28(27)30(32,33)34/h3-10,15H,11-14,16H2,1-2H3/p+1. The third-order valence-corrected chi connectivity index (χ3v) is 7.26. The molecule has 1 N–H and O–H groups in total. The van der Waals surface area contributed by atoms with Crippen LogP contribution < -0.4 is 24.5 Å². The maximum atomic E-state index is 14.3. The van der Waals surface area contributed by atoms with Crippen LogP contribution in [0.25, 0.3) is 11.0 Å². The number of ether oxygens (including phenoxy) is 4. The summed E-state index contributed by atoms with van der Waals surface area (Å²) < 4.78 is 70.1. The van der Waals surface area contributed by atoms with Gasteiger partial charge in [-0.1, -0.05) is 11.6 Å². The number of nitrogens with one attached hydrogen (secondary N) is 1. The van der Waals surface area contributed by atoms with Crippen LogP contribution in [-0.2, 0) is 17.5 Å². The first-order valence-electron chi connectivity index (χ1n) is 13.0. The number of alkyl halides is 3. The molecule has 8 nitrogen and oxygen atoms in total. The Kier molecular flexibility index (Phi) is 8.44. The zero-order chi connectivity index (χ0) is 30.0. The number of rotatable bonds is 7. The van der Waals surface area contributed by atoms with E-state index in [1.54, 1.807) is 19.1 Å². The quantitative estimate of drug-likeness (QED) is 0.229. The first-order chi connectivity index (χ1) is 20.0. The van der Waals surface area contributed by atoms with E-state index in [4.69, 9.17) is 35.0 Å². The second-order valence-electron chi connectivity index (χ2n) is 9.68. The van der Waals surface area contributed by atoms with E-state index in [0.717, 1.165) is 4.90 Å². The number of morpholine rings is 1. The van der Waals surface area contributed by atoms with Crippen molar-refractivity contribution in [2.45, 2.75) is 19.6 Å². The Bertz CT molecular complexity index is 1680. The molecule has 12 heteroatoms. The number of benzene rings is 3. The fourth-order valence-corrected chi connectivity index (χ4v) is 4.71. The summed E-state index contributed by atoms with van der Waals surface area (Å²) in [7, 11) is 1.48. The number of carbonyl (C=O) groups is 1. The van der Waals surface area contributed by atoms with Crippen molar-refractivity contribution in [3.63, 3.8) is 0 Å². The molecule has 1 aliphatic heterocycles. The van der Waals surface area contributed by atoms with Crippen molar-refractivity contribution < 1.29 is 46.2 Å². The molecular weight excluding hydrogens is 579 g/mol. The van der Waals surface area contributed by atoms with E-state index in [1.165, 1.54) is 49.6 Å². The molecule has 0 saturated carbocycles. The Morgan fingerprint density at radius 3 is 2.36 bits per heavy atom. The average Bonchev–Trinajstić information content (AvgIpc) is 2.97. The highest BCUT2D eigenvalue weighted by molar-refractivity contribution is 6.31. The fourth-order valence-electron chi connectivity index (χ4n) is 4.59. The number of methoxy groups -OCH3 is 1. The molecule has 1 fully saturated rings. The second-order valence-corrected chi connectivity index (χ2v) is 10.1. The van der Waals surface area contributed by atoms with Gasteiger partial charge >= 0.3 is 12.1 Å². The molecule has 5 rings (SSSR count). The zero-order valence-corrected chi connectivity index (χ0v) is 23.4. The minimum Gasteiger partial charge on any atom is -0.497 e. The molecule has 42 heavy (non-hydrogen) atoms. The SMILES string of the molecule is COc1ccc(C(=O)Oc2ccc3c(=O)c(Oc4ccc(Cl)c(C)c4)c(C(F)(F)F)oc3c2C[NH+]2CCOCC2)cc1. The number of hydrogen-bond acceptors (Lipinski definition) is 7. The van der Waals surface area contributed by atoms with Crippen molar-refractivity contribution in [1.29, 1.82) is 0 Å². The molecule has 4 aromatic rings. The van der Waals surface area contributed by atoms with Crippen LogP contribution in [0, 0.1) is 6.92 Å². The summed E-state index contributed by atoms with van der Waals surface area (Å²) in [5, 5.41) is 0.228. The van der Waals surface area contributed by atoms with Gasteiger partial charge in [-0.2, -0.15) is 13.2 Å². The van der Waals surface area contributed by atoms with E-state index in [-0.39, 0.29) is 40.1 Å². The van der Waals surface area contributed by atoms with Gasteiger partial charge in [-0.15, -0.1) is 0 Å². The van der Waals surface area contributed by atoms with Crippen LogP contribution in [0.1, 0.15) is 27.2 Å². The number of carbonyl (C=O) groups excluding carboxylic acids is 1. The molecule has 3 aromatic carbocycles. The van der Waals surface area contributed by atoms with Crippen molar-refractivity contribution in [2.75, 3.05) is 33.4 Å². The van der Waals surface area contributed by atoms with E-state index in [0.29, 0.717) is 42.6 Å². The third kappa shape index (κ3) is 6.23. The minimum atomic E-state index is -5.08. The third-order valence-electron chi connectivity index (χ3n) is 6.84. The molecule has 0 bridgehead atoms. The summed E-state index contributed by atoms with van der Waals surface area (Å²) in [6.07, 6.45) is -5.08. The van der Waals surface area contributed by atoms with Crippen molar-refractivity contribution in [1.82, 2.24) is 0 Å². The Morgan fingerprint density at radius 2 is 1.71 bits per heavy atom. The maximum Gasteiger partial charge on any atom is 0.453 e. The normalized spacial score (nSPS) is 14.1. The van der Waals surface area contributed by atoms with Gasteiger partial charge in [0.25, 0.3) is 5.76 Å². The fraction of sp³-hybridized carbons (Fsp3) is 0.267. The van der Waals surface area contributed by atoms with Gasteiger partial charge in [0.2, 0.25) is 11.2 Å². The first kappa shape index (κ1) is 29.4. The highest BCUT2D eigenvalue weighted by Crippen LogP contribution is 2.40. The highest BCUT2D eigenvalue weighted by atomic mass is 35.5. The smallest absolute Gasteiger partial charge is 0.453 e. The molecule has 1 aliphatic rings. The lowest BCUT2D eigenvalue weighted by Crippen LogP contribution is -3.12.